The molecule has 2 aromatic carbocycles. The zero-order valence-electron chi connectivity index (χ0n) is 17.8. The molecule has 0 bridgehead atoms. The largest absolute Gasteiger partial charge is 0.322 e. The van der Waals surface area contributed by atoms with Gasteiger partial charge in [0.2, 0.25) is 0 Å². The zero-order valence-corrected chi connectivity index (χ0v) is 20.1. The summed E-state index contributed by atoms with van der Waals surface area (Å²) in [5.74, 6) is -1.14. The number of halogens is 3. The molecule has 4 aromatic rings. The van der Waals surface area contributed by atoms with Crippen molar-refractivity contribution in [3.8, 4) is 16.9 Å². The van der Waals surface area contributed by atoms with Gasteiger partial charge in [0.1, 0.15) is 6.33 Å². The number of hydrogen-bond donors (Lipinski definition) is 1. The predicted molar refractivity (Wildman–Crippen MR) is 127 cm³/mol. The van der Waals surface area contributed by atoms with Crippen LogP contribution in [0.4, 0.5) is 10.1 Å². The van der Waals surface area contributed by atoms with Gasteiger partial charge in [-0.3, -0.25) is 14.2 Å². The number of anilines is 1. The molecule has 35 heavy (non-hydrogen) atoms. The minimum Gasteiger partial charge on any atom is -0.322 e. The molecule has 10 nitrogen and oxygen atoms in total. The van der Waals surface area contributed by atoms with Crippen LogP contribution in [0.25, 0.3) is 16.9 Å². The highest BCUT2D eigenvalue weighted by atomic mass is 35.5. The Kier molecular flexibility index (Phi) is 6.70. The molecule has 2 heterocycles. The van der Waals surface area contributed by atoms with E-state index in [2.05, 4.69) is 20.6 Å². The van der Waals surface area contributed by atoms with E-state index in [1.165, 1.54) is 35.1 Å². The third-order valence-electron chi connectivity index (χ3n) is 4.79. The van der Waals surface area contributed by atoms with Crippen LogP contribution in [0.1, 0.15) is 6.30 Å². The van der Waals surface area contributed by atoms with Crippen LogP contribution < -0.4 is 10.9 Å². The summed E-state index contributed by atoms with van der Waals surface area (Å²) in [5.41, 5.74) is 0.324. The van der Waals surface area contributed by atoms with Gasteiger partial charge in [-0.25, -0.2) is 22.5 Å². The number of hydrogen-bond acceptors (Lipinski definition) is 7. The van der Waals surface area contributed by atoms with Crippen molar-refractivity contribution in [3.05, 3.63) is 81.6 Å². The Balaban J connectivity index is 1.60. The molecule has 2 aromatic heterocycles. The summed E-state index contributed by atoms with van der Waals surface area (Å²) < 4.78 is 39.8. The highest BCUT2D eigenvalue weighted by Gasteiger charge is 2.22. The molecule has 1 unspecified atom stereocenters. The van der Waals surface area contributed by atoms with Gasteiger partial charge < -0.3 is 5.32 Å². The average Bonchev–Trinajstić information content (AvgIpc) is 3.24. The van der Waals surface area contributed by atoms with Gasteiger partial charge in [-0.05, 0) is 42.5 Å². The van der Waals surface area contributed by atoms with Gasteiger partial charge in [0.25, 0.3) is 17.8 Å². The van der Waals surface area contributed by atoms with Crippen LogP contribution >= 0.6 is 23.2 Å². The fourth-order valence-corrected chi connectivity index (χ4v) is 4.04. The lowest BCUT2D eigenvalue weighted by Crippen LogP contribution is -2.30. The standard InChI is InChI=1S/C21H15Cl2FN6O4S/c1-35(33,34)14-5-3-13(4-6-14)26-21(32)20(24)29-11-25-16(9-19(29)31)15-8-12(22)2-7-17(15)30-10-18(23)27-28-30/h2-11,20H,1H3,(H,26,32). The molecule has 0 aliphatic rings. The van der Waals surface area contributed by atoms with E-state index in [-0.39, 0.29) is 21.4 Å². The summed E-state index contributed by atoms with van der Waals surface area (Å²) >= 11 is 11.9. The molecular weight excluding hydrogens is 522 g/mol. The second-order valence-electron chi connectivity index (χ2n) is 7.29. The van der Waals surface area contributed by atoms with E-state index >= 15 is 0 Å². The highest BCUT2D eigenvalue weighted by Crippen LogP contribution is 2.28. The van der Waals surface area contributed by atoms with E-state index < -0.39 is 27.6 Å². The first-order valence-electron chi connectivity index (χ1n) is 9.74. The van der Waals surface area contributed by atoms with Gasteiger partial charge in [-0.1, -0.05) is 28.4 Å². The molecule has 1 N–H and O–H groups in total. The Morgan fingerprint density at radius 3 is 2.43 bits per heavy atom. The number of aromatic nitrogens is 5. The van der Waals surface area contributed by atoms with E-state index in [1.807, 2.05) is 0 Å². The van der Waals surface area contributed by atoms with Gasteiger partial charge in [-0.2, -0.15) is 0 Å². The summed E-state index contributed by atoms with van der Waals surface area (Å²) in [5, 5.41) is 10.4. The minimum atomic E-state index is -3.43. The number of carbonyl (C=O) groups is 1. The molecule has 0 fully saturated rings. The second kappa shape index (κ2) is 9.56. The maximum atomic E-state index is 14.8. The van der Waals surface area contributed by atoms with Crippen molar-refractivity contribution in [2.45, 2.75) is 11.2 Å². The quantitative estimate of drug-likeness (QED) is 0.400. The fourth-order valence-electron chi connectivity index (χ4n) is 3.12. The van der Waals surface area contributed by atoms with Crippen molar-refractivity contribution in [1.29, 1.82) is 0 Å². The molecule has 0 radical (unpaired) electrons. The lowest BCUT2D eigenvalue weighted by molar-refractivity contribution is -0.123. The number of nitrogens with zero attached hydrogens (tertiary/aromatic N) is 5. The van der Waals surface area contributed by atoms with Gasteiger partial charge in [0.05, 0.1) is 22.5 Å². The summed E-state index contributed by atoms with van der Waals surface area (Å²) in [6.45, 7) is 0. The molecule has 4 rings (SSSR count). The normalized spacial score (nSPS) is 12.3. The fraction of sp³-hybridized carbons (Fsp3) is 0.0952. The number of alkyl halides is 1. The monoisotopic (exact) mass is 536 g/mol. The molecule has 1 amide bonds. The van der Waals surface area contributed by atoms with Crippen LogP contribution in [0.3, 0.4) is 0 Å². The molecule has 0 aliphatic carbocycles. The first kappa shape index (κ1) is 24.5. The van der Waals surface area contributed by atoms with Crippen molar-refractivity contribution in [1.82, 2.24) is 24.5 Å². The van der Waals surface area contributed by atoms with E-state index in [1.54, 1.807) is 18.2 Å². The van der Waals surface area contributed by atoms with Crippen LogP contribution in [0.5, 0.6) is 0 Å². The minimum absolute atomic E-state index is 0.0388. The lowest BCUT2D eigenvalue weighted by atomic mass is 10.1. The molecule has 1 atom stereocenters. The van der Waals surface area contributed by atoms with Crippen molar-refractivity contribution in [2.75, 3.05) is 11.6 Å². The van der Waals surface area contributed by atoms with Crippen molar-refractivity contribution in [2.24, 2.45) is 0 Å². The van der Waals surface area contributed by atoms with Crippen molar-refractivity contribution in [3.63, 3.8) is 0 Å². The second-order valence-corrected chi connectivity index (χ2v) is 10.1. The highest BCUT2D eigenvalue weighted by molar-refractivity contribution is 7.90. The summed E-state index contributed by atoms with van der Waals surface area (Å²) in [6, 6.07) is 11.0. The molecule has 14 heteroatoms. The number of benzene rings is 2. The zero-order chi connectivity index (χ0) is 25.3. The number of carbonyl (C=O) groups excluding carboxylic acids is 1. The van der Waals surface area contributed by atoms with Crippen molar-refractivity contribution >= 4 is 44.6 Å². The number of amides is 1. The Hall–Kier alpha value is -3.61. The number of sulfone groups is 1. The Bertz CT molecular complexity index is 1590. The maximum absolute atomic E-state index is 14.8. The molecule has 0 saturated carbocycles. The van der Waals surface area contributed by atoms with Crippen LogP contribution in [0.15, 0.2) is 70.7 Å². The van der Waals surface area contributed by atoms with Crippen LogP contribution in [-0.2, 0) is 14.6 Å². The van der Waals surface area contributed by atoms with Crippen LogP contribution in [0, 0.1) is 0 Å². The van der Waals surface area contributed by atoms with Crippen LogP contribution in [-0.4, -0.2) is 45.1 Å². The van der Waals surface area contributed by atoms with E-state index in [0.29, 0.717) is 20.8 Å². The third-order valence-corrected chi connectivity index (χ3v) is 6.33. The SMILES string of the molecule is CS(=O)(=O)c1ccc(NC(=O)C(F)n2cnc(-c3cc(Cl)ccc3-n3cc(Cl)nn3)cc2=O)cc1. The average molecular weight is 537 g/mol. The van der Waals surface area contributed by atoms with Gasteiger partial charge in [0.15, 0.2) is 15.0 Å². The third kappa shape index (κ3) is 5.39. The molecule has 0 aliphatic heterocycles. The Labute approximate surface area is 207 Å². The van der Waals surface area contributed by atoms with Gasteiger partial charge in [0, 0.05) is 28.6 Å². The molecular formula is C21H15Cl2FN6O4S. The predicted octanol–water partition coefficient (Wildman–Crippen LogP) is 3.31. The first-order valence-corrected chi connectivity index (χ1v) is 12.4. The van der Waals surface area contributed by atoms with Gasteiger partial charge in [-0.15, -0.1) is 5.10 Å². The van der Waals surface area contributed by atoms with E-state index in [9.17, 15) is 22.4 Å². The van der Waals surface area contributed by atoms with Gasteiger partial charge >= 0.3 is 0 Å². The smallest absolute Gasteiger partial charge is 0.280 e. The summed E-state index contributed by atoms with van der Waals surface area (Å²) in [7, 11) is -3.43. The van der Waals surface area contributed by atoms with E-state index in [4.69, 9.17) is 23.2 Å². The molecule has 180 valence electrons. The Morgan fingerprint density at radius 1 is 1.11 bits per heavy atom. The van der Waals surface area contributed by atoms with Crippen LogP contribution in [0.2, 0.25) is 10.2 Å². The Morgan fingerprint density at radius 2 is 1.83 bits per heavy atom. The first-order chi connectivity index (χ1) is 16.5. The summed E-state index contributed by atoms with van der Waals surface area (Å²) in [6.07, 6.45) is 0.981. The lowest BCUT2D eigenvalue weighted by Gasteiger charge is -2.13. The maximum Gasteiger partial charge on any atom is 0.280 e. The topological polar surface area (TPSA) is 129 Å². The number of nitrogens with one attached hydrogen (secondary N) is 1. The molecule has 0 spiro atoms. The van der Waals surface area contributed by atoms with E-state index in [0.717, 1.165) is 18.6 Å². The molecule has 0 saturated heterocycles. The summed E-state index contributed by atoms with van der Waals surface area (Å²) in [4.78, 5) is 29.2. The number of rotatable bonds is 6. The van der Waals surface area contributed by atoms with Crippen molar-refractivity contribution < 1.29 is 17.6 Å².